The van der Waals surface area contributed by atoms with E-state index in [9.17, 15) is 23.2 Å². The van der Waals surface area contributed by atoms with E-state index in [-0.39, 0.29) is 17.8 Å². The second-order valence-corrected chi connectivity index (χ2v) is 7.35. The maximum Gasteiger partial charge on any atom is 0.416 e. The number of para-hydroxylation sites is 1. The number of rotatable bonds is 6. The summed E-state index contributed by atoms with van der Waals surface area (Å²) in [5.41, 5.74) is 0.351. The highest BCUT2D eigenvalue weighted by Crippen LogP contribution is 2.29. The number of nitrogens with one attached hydrogen (secondary N) is 1. The molecule has 4 rings (SSSR count). The highest BCUT2D eigenvalue weighted by Gasteiger charge is 2.30. The molecular formula is C26H18F3N3O2. The monoisotopic (exact) mass is 461 g/mol. The fraction of sp³-hybridized carbons (Fsp3) is 0.0769. The predicted molar refractivity (Wildman–Crippen MR) is 120 cm³/mol. The number of hydrogen-bond acceptors (Lipinski definition) is 3. The molecule has 0 radical (unpaired) electrons. The predicted octanol–water partition coefficient (Wildman–Crippen LogP) is 6.09. The molecule has 3 aromatic carbocycles. The van der Waals surface area contributed by atoms with Gasteiger partial charge in [0.15, 0.2) is 0 Å². The van der Waals surface area contributed by atoms with Crippen LogP contribution in [0.1, 0.15) is 27.2 Å². The van der Waals surface area contributed by atoms with Crippen LogP contribution in [-0.4, -0.2) is 10.5 Å². The molecule has 34 heavy (non-hydrogen) atoms. The van der Waals surface area contributed by atoms with Crippen molar-refractivity contribution in [3.05, 3.63) is 114 Å². The van der Waals surface area contributed by atoms with Gasteiger partial charge in [0, 0.05) is 18.4 Å². The lowest BCUT2D eigenvalue weighted by molar-refractivity contribution is -0.137. The molecule has 0 saturated heterocycles. The van der Waals surface area contributed by atoms with E-state index in [0.29, 0.717) is 22.7 Å². The third-order valence-corrected chi connectivity index (χ3v) is 5.02. The van der Waals surface area contributed by atoms with E-state index >= 15 is 0 Å². The van der Waals surface area contributed by atoms with E-state index in [1.165, 1.54) is 18.2 Å². The fourth-order valence-corrected chi connectivity index (χ4v) is 3.39. The molecule has 0 aliphatic carbocycles. The van der Waals surface area contributed by atoms with E-state index < -0.39 is 17.6 Å². The topological polar surface area (TPSA) is 67.0 Å². The van der Waals surface area contributed by atoms with Gasteiger partial charge in [-0.3, -0.25) is 4.79 Å². The second kappa shape index (κ2) is 9.55. The van der Waals surface area contributed by atoms with Crippen molar-refractivity contribution in [2.45, 2.75) is 12.7 Å². The second-order valence-electron chi connectivity index (χ2n) is 7.35. The van der Waals surface area contributed by atoms with E-state index in [4.69, 9.17) is 4.74 Å². The summed E-state index contributed by atoms with van der Waals surface area (Å²) in [6, 6.07) is 24.4. The largest absolute Gasteiger partial charge is 0.457 e. The molecule has 0 aliphatic heterocycles. The number of carbonyl (C=O) groups is 1. The van der Waals surface area contributed by atoms with E-state index in [0.717, 1.165) is 12.1 Å². The highest BCUT2D eigenvalue weighted by molar-refractivity contribution is 5.95. The number of alkyl halides is 3. The molecule has 0 aliphatic rings. The molecular weight excluding hydrogens is 443 g/mol. The molecule has 4 aromatic rings. The Bertz CT molecular complexity index is 1340. The van der Waals surface area contributed by atoms with Crippen molar-refractivity contribution >= 4 is 5.91 Å². The van der Waals surface area contributed by atoms with Gasteiger partial charge in [-0.2, -0.15) is 18.4 Å². The zero-order valence-electron chi connectivity index (χ0n) is 17.7. The maximum atomic E-state index is 12.9. The van der Waals surface area contributed by atoms with Crippen molar-refractivity contribution in [1.82, 2.24) is 9.88 Å². The van der Waals surface area contributed by atoms with Crippen LogP contribution >= 0.6 is 0 Å². The molecule has 0 saturated carbocycles. The lowest BCUT2D eigenvalue weighted by atomic mass is 10.1. The van der Waals surface area contributed by atoms with E-state index in [1.807, 2.05) is 36.4 Å². The minimum Gasteiger partial charge on any atom is -0.457 e. The van der Waals surface area contributed by atoms with Gasteiger partial charge in [0.25, 0.3) is 5.91 Å². The summed E-state index contributed by atoms with van der Waals surface area (Å²) in [5, 5.41) is 12.1. The molecule has 5 nitrogen and oxygen atoms in total. The van der Waals surface area contributed by atoms with E-state index in [2.05, 4.69) is 5.32 Å². The Morgan fingerprint density at radius 1 is 0.941 bits per heavy atom. The number of ether oxygens (including phenoxy) is 1. The van der Waals surface area contributed by atoms with Crippen molar-refractivity contribution in [2.75, 3.05) is 0 Å². The van der Waals surface area contributed by atoms with Crippen molar-refractivity contribution in [3.8, 4) is 23.3 Å². The number of nitriles is 1. The Kier molecular flexibility index (Phi) is 6.37. The quantitative estimate of drug-likeness (QED) is 0.378. The van der Waals surface area contributed by atoms with Gasteiger partial charge in [-0.05, 0) is 60.2 Å². The van der Waals surface area contributed by atoms with Gasteiger partial charge < -0.3 is 14.6 Å². The average molecular weight is 461 g/mol. The molecule has 0 bridgehead atoms. The van der Waals surface area contributed by atoms with Crippen LogP contribution in [-0.2, 0) is 12.7 Å². The van der Waals surface area contributed by atoms with Crippen molar-refractivity contribution in [1.29, 1.82) is 5.26 Å². The summed E-state index contributed by atoms with van der Waals surface area (Å²) >= 11 is 0. The van der Waals surface area contributed by atoms with Crippen molar-refractivity contribution < 1.29 is 22.7 Å². The van der Waals surface area contributed by atoms with Gasteiger partial charge in [-0.25, -0.2) is 0 Å². The number of aromatic nitrogens is 1. The van der Waals surface area contributed by atoms with Crippen LogP contribution in [0.15, 0.2) is 91.1 Å². The van der Waals surface area contributed by atoms with Crippen molar-refractivity contribution in [3.63, 3.8) is 0 Å². The van der Waals surface area contributed by atoms with Crippen molar-refractivity contribution in [2.24, 2.45) is 0 Å². The fourth-order valence-electron chi connectivity index (χ4n) is 3.39. The average Bonchev–Trinajstić information content (AvgIpc) is 3.28. The van der Waals surface area contributed by atoms with E-state index in [1.54, 1.807) is 35.0 Å². The first-order chi connectivity index (χ1) is 16.3. The van der Waals surface area contributed by atoms with Crippen LogP contribution in [0.25, 0.3) is 5.69 Å². The van der Waals surface area contributed by atoms with Crippen LogP contribution in [0.4, 0.5) is 13.2 Å². The summed E-state index contributed by atoms with van der Waals surface area (Å²) in [5.74, 6) is 0.694. The minimum atomic E-state index is -4.47. The van der Waals surface area contributed by atoms with Gasteiger partial charge in [0.05, 0.1) is 11.1 Å². The van der Waals surface area contributed by atoms with Gasteiger partial charge in [0.2, 0.25) is 0 Å². The first-order valence-electron chi connectivity index (χ1n) is 10.2. The number of amides is 1. The summed E-state index contributed by atoms with van der Waals surface area (Å²) in [4.78, 5) is 12.9. The molecule has 8 heteroatoms. The summed E-state index contributed by atoms with van der Waals surface area (Å²) in [6.07, 6.45) is -2.89. The summed E-state index contributed by atoms with van der Waals surface area (Å²) in [6.45, 7) is -0.122. The molecule has 0 atom stereocenters. The van der Waals surface area contributed by atoms with Gasteiger partial charge in [-0.1, -0.05) is 30.3 Å². The number of hydrogen-bond donors (Lipinski definition) is 1. The van der Waals surface area contributed by atoms with Gasteiger partial charge in [-0.15, -0.1) is 0 Å². The third kappa shape index (κ3) is 5.10. The Hall–Kier alpha value is -4.51. The zero-order valence-corrected chi connectivity index (χ0v) is 17.7. The number of benzene rings is 3. The zero-order chi connectivity index (χ0) is 24.1. The lowest BCUT2D eigenvalue weighted by Gasteiger charge is -2.13. The van der Waals surface area contributed by atoms with Crippen LogP contribution < -0.4 is 10.1 Å². The molecule has 0 spiro atoms. The molecule has 0 fully saturated rings. The van der Waals surface area contributed by atoms with Crippen LogP contribution in [0.3, 0.4) is 0 Å². The smallest absolute Gasteiger partial charge is 0.416 e. The molecule has 1 amide bonds. The lowest BCUT2D eigenvalue weighted by Crippen LogP contribution is -2.26. The Morgan fingerprint density at radius 3 is 2.32 bits per heavy atom. The molecule has 1 heterocycles. The number of nitrogens with zero attached hydrogens (tertiary/aromatic N) is 2. The molecule has 1 N–H and O–H groups in total. The summed E-state index contributed by atoms with van der Waals surface area (Å²) in [7, 11) is 0. The highest BCUT2D eigenvalue weighted by atomic mass is 19.4. The number of halogens is 3. The first kappa shape index (κ1) is 22.7. The molecule has 0 unspecified atom stereocenters. The Labute approximate surface area is 193 Å². The number of carbonyl (C=O) groups excluding carboxylic acids is 1. The first-order valence-corrected chi connectivity index (χ1v) is 10.2. The Morgan fingerprint density at radius 2 is 1.65 bits per heavy atom. The third-order valence-electron chi connectivity index (χ3n) is 5.02. The standard InChI is InChI=1S/C26H18F3N3O2/c27-26(28,29)20-6-4-5-18(15-20)17-31-25(33)24-19(16-30)13-14-32(24)21-9-11-23(12-10-21)34-22-7-2-1-3-8-22/h1-15H,17H2,(H,31,33). The Balaban J connectivity index is 1.53. The SMILES string of the molecule is N#Cc1ccn(-c2ccc(Oc3ccccc3)cc2)c1C(=O)NCc1cccc(C(F)(F)F)c1. The van der Waals surface area contributed by atoms with Gasteiger partial charge in [0.1, 0.15) is 23.3 Å². The normalized spacial score (nSPS) is 11.0. The molecule has 170 valence electrons. The van der Waals surface area contributed by atoms with Crippen LogP contribution in [0.5, 0.6) is 11.5 Å². The van der Waals surface area contributed by atoms with Gasteiger partial charge >= 0.3 is 6.18 Å². The van der Waals surface area contributed by atoms with Crippen LogP contribution in [0, 0.1) is 11.3 Å². The van der Waals surface area contributed by atoms with Crippen LogP contribution in [0.2, 0.25) is 0 Å². The maximum absolute atomic E-state index is 12.9. The minimum absolute atomic E-state index is 0.0891. The molecule has 1 aromatic heterocycles. The summed E-state index contributed by atoms with van der Waals surface area (Å²) < 4.78 is 46.2.